The van der Waals surface area contributed by atoms with E-state index in [-0.39, 0.29) is 17.4 Å². The summed E-state index contributed by atoms with van der Waals surface area (Å²) in [6, 6.07) is 4.58. The third-order valence-electron chi connectivity index (χ3n) is 4.05. The van der Waals surface area contributed by atoms with Gasteiger partial charge in [-0.15, -0.1) is 0 Å². The lowest BCUT2D eigenvalue weighted by atomic mass is 10.0. The third kappa shape index (κ3) is 4.60. The first kappa shape index (κ1) is 19.2. The van der Waals surface area contributed by atoms with Crippen LogP contribution in [0, 0.1) is 5.82 Å². The number of ether oxygens (including phenoxy) is 1. The Balaban J connectivity index is 0.000000253. The monoisotopic (exact) mass is 391 g/mol. The van der Waals surface area contributed by atoms with Crippen molar-refractivity contribution < 1.29 is 14.2 Å². The van der Waals surface area contributed by atoms with Crippen molar-refractivity contribution in [2.24, 2.45) is 0 Å². The number of anilines is 2. The second-order valence-corrected chi connectivity index (χ2v) is 6.48. The number of rotatable bonds is 1. The molecule has 1 aromatic carbocycles. The van der Waals surface area contributed by atoms with Gasteiger partial charge in [-0.25, -0.2) is 19.3 Å². The molecular weight excluding hydrogens is 373 g/mol. The van der Waals surface area contributed by atoms with Gasteiger partial charge in [0.1, 0.15) is 29.3 Å². The smallest absolute Gasteiger partial charge is 0.150 e. The number of aliphatic hydroxyl groups is 1. The molecule has 9 heteroatoms. The number of aliphatic hydroxyl groups excluding tert-OH is 1. The predicted octanol–water partition coefficient (Wildman–Crippen LogP) is 2.81. The zero-order chi connectivity index (χ0) is 19.4. The van der Waals surface area contributed by atoms with Crippen LogP contribution in [0.25, 0.3) is 22.0 Å². The van der Waals surface area contributed by atoms with E-state index in [1.165, 1.54) is 18.6 Å². The maximum absolute atomic E-state index is 14.1. The van der Waals surface area contributed by atoms with Gasteiger partial charge >= 0.3 is 0 Å². The fourth-order valence-corrected chi connectivity index (χ4v) is 2.91. The molecule has 3 aromatic rings. The minimum atomic E-state index is -0.502. The lowest BCUT2D eigenvalue weighted by molar-refractivity contribution is -0.00535. The molecule has 0 aliphatic carbocycles. The largest absolute Gasteiger partial charge is 0.391 e. The molecule has 1 aliphatic heterocycles. The number of benzene rings is 1. The van der Waals surface area contributed by atoms with Crippen LogP contribution in [-0.2, 0) is 4.74 Å². The second kappa shape index (κ2) is 8.43. The number of halogens is 2. The van der Waals surface area contributed by atoms with E-state index >= 15 is 0 Å². The molecule has 4 rings (SSSR count). The quantitative estimate of drug-likeness (QED) is 0.583. The van der Waals surface area contributed by atoms with E-state index in [2.05, 4.69) is 15.0 Å². The van der Waals surface area contributed by atoms with Gasteiger partial charge in [0.25, 0.3) is 0 Å². The van der Waals surface area contributed by atoms with Crippen LogP contribution in [0.5, 0.6) is 0 Å². The van der Waals surface area contributed by atoms with Crippen LogP contribution >= 0.6 is 11.6 Å². The van der Waals surface area contributed by atoms with Crippen LogP contribution in [0.15, 0.2) is 30.7 Å². The van der Waals surface area contributed by atoms with Crippen LogP contribution in [-0.4, -0.2) is 39.4 Å². The Morgan fingerprint density at radius 1 is 1.19 bits per heavy atom. The lowest BCUT2D eigenvalue weighted by Crippen LogP contribution is -2.21. The van der Waals surface area contributed by atoms with Gasteiger partial charge in [0.15, 0.2) is 0 Å². The number of hydrogen-bond donors (Lipinski definition) is 3. The molecule has 27 heavy (non-hydrogen) atoms. The van der Waals surface area contributed by atoms with Gasteiger partial charge in [-0.3, -0.25) is 0 Å². The van der Waals surface area contributed by atoms with Crippen molar-refractivity contribution in [3.8, 4) is 11.1 Å². The molecule has 5 N–H and O–H groups in total. The number of nitrogen functional groups attached to an aromatic ring is 2. The minimum absolute atomic E-state index is 0.166. The lowest BCUT2D eigenvalue weighted by Gasteiger charge is -2.15. The van der Waals surface area contributed by atoms with Gasteiger partial charge < -0.3 is 21.3 Å². The molecule has 1 saturated heterocycles. The highest BCUT2D eigenvalue weighted by atomic mass is 35.5. The minimum Gasteiger partial charge on any atom is -0.391 e. The Morgan fingerprint density at radius 2 is 2.00 bits per heavy atom. The summed E-state index contributed by atoms with van der Waals surface area (Å²) in [5.41, 5.74) is 12.7. The van der Waals surface area contributed by atoms with E-state index in [9.17, 15) is 4.39 Å². The Hall–Kier alpha value is -2.55. The predicted molar refractivity (Wildman–Crippen MR) is 103 cm³/mol. The van der Waals surface area contributed by atoms with Crippen LogP contribution in [0.2, 0.25) is 5.02 Å². The van der Waals surface area contributed by atoms with Crippen molar-refractivity contribution in [2.75, 3.05) is 24.7 Å². The van der Waals surface area contributed by atoms with Crippen LogP contribution in [0.1, 0.15) is 12.8 Å². The molecule has 1 fully saturated rings. The van der Waals surface area contributed by atoms with Crippen LogP contribution in [0.4, 0.5) is 16.0 Å². The van der Waals surface area contributed by atoms with Crippen molar-refractivity contribution in [3.05, 3.63) is 41.6 Å². The highest BCUT2D eigenvalue weighted by molar-refractivity contribution is 6.33. The molecule has 0 amide bonds. The van der Waals surface area contributed by atoms with Crippen molar-refractivity contribution in [1.82, 2.24) is 15.0 Å². The fourth-order valence-electron chi connectivity index (χ4n) is 2.70. The average Bonchev–Trinajstić information content (AvgIpc) is 2.66. The summed E-state index contributed by atoms with van der Waals surface area (Å²) >= 11 is 6.07. The van der Waals surface area contributed by atoms with Crippen LogP contribution < -0.4 is 11.5 Å². The summed E-state index contributed by atoms with van der Waals surface area (Å²) in [4.78, 5) is 11.6. The van der Waals surface area contributed by atoms with Gasteiger partial charge in [0, 0.05) is 23.8 Å². The number of nitrogens with zero attached hydrogens (tertiary/aromatic N) is 3. The zero-order valence-electron chi connectivity index (χ0n) is 14.4. The molecule has 3 heterocycles. The van der Waals surface area contributed by atoms with E-state index in [0.29, 0.717) is 34.0 Å². The van der Waals surface area contributed by atoms with E-state index in [1.807, 2.05) is 0 Å². The Morgan fingerprint density at radius 3 is 2.67 bits per heavy atom. The van der Waals surface area contributed by atoms with E-state index in [0.717, 1.165) is 19.4 Å². The Bertz CT molecular complexity index is 950. The highest BCUT2D eigenvalue weighted by Gasteiger charge is 2.12. The average molecular weight is 392 g/mol. The molecule has 2 aromatic heterocycles. The van der Waals surface area contributed by atoms with Gasteiger partial charge in [-0.1, -0.05) is 11.6 Å². The number of aromatic nitrogens is 3. The maximum atomic E-state index is 14.1. The highest BCUT2D eigenvalue weighted by Crippen LogP contribution is 2.32. The first-order chi connectivity index (χ1) is 13.0. The molecule has 0 radical (unpaired) electrons. The second-order valence-electron chi connectivity index (χ2n) is 6.07. The Labute approximate surface area is 160 Å². The summed E-state index contributed by atoms with van der Waals surface area (Å²) in [5.74, 6) is -0.00543. The third-order valence-corrected chi connectivity index (χ3v) is 4.35. The number of fused-ring (bicyclic) bond motifs is 1. The normalized spacial score (nSPS) is 16.6. The van der Waals surface area contributed by atoms with E-state index < -0.39 is 5.82 Å². The summed E-state index contributed by atoms with van der Waals surface area (Å²) in [6.07, 6.45) is 4.38. The molecule has 0 saturated carbocycles. The molecule has 0 bridgehead atoms. The van der Waals surface area contributed by atoms with Crippen molar-refractivity contribution in [3.63, 3.8) is 0 Å². The fraction of sp³-hybridized carbons (Fsp3) is 0.278. The maximum Gasteiger partial charge on any atom is 0.150 e. The molecule has 0 spiro atoms. The summed E-state index contributed by atoms with van der Waals surface area (Å²) < 4.78 is 19.0. The van der Waals surface area contributed by atoms with E-state index in [4.69, 9.17) is 32.9 Å². The molecule has 7 nitrogen and oxygen atoms in total. The summed E-state index contributed by atoms with van der Waals surface area (Å²) in [7, 11) is 0. The number of pyridine rings is 1. The molecule has 1 aliphatic rings. The van der Waals surface area contributed by atoms with Gasteiger partial charge in [0.05, 0.1) is 17.7 Å². The Kier molecular flexibility index (Phi) is 6.00. The molecular formula is C18H19ClFN5O2. The molecule has 142 valence electrons. The summed E-state index contributed by atoms with van der Waals surface area (Å²) in [5, 5.41) is 9.58. The van der Waals surface area contributed by atoms with E-state index in [1.54, 1.807) is 12.1 Å². The van der Waals surface area contributed by atoms with Gasteiger partial charge in [-0.2, -0.15) is 0 Å². The number of nitrogens with two attached hydrogens (primary N) is 2. The first-order valence-corrected chi connectivity index (χ1v) is 8.70. The zero-order valence-corrected chi connectivity index (χ0v) is 15.2. The number of hydrogen-bond acceptors (Lipinski definition) is 7. The van der Waals surface area contributed by atoms with Crippen molar-refractivity contribution in [2.45, 2.75) is 18.9 Å². The van der Waals surface area contributed by atoms with Gasteiger partial charge in [-0.05, 0) is 36.6 Å². The van der Waals surface area contributed by atoms with Crippen LogP contribution in [0.3, 0.4) is 0 Å². The standard InChI is InChI=1S/C13H9ClFN5.C5H10O2/c14-9-4-18-11(16)3-7(9)6-1-8-12(10(15)2-6)19-5-20-13(8)17;6-5-2-1-3-7-4-5/h1-5H,(H2,16,18)(H2,17,19,20);5-6H,1-4H2. The first-order valence-electron chi connectivity index (χ1n) is 8.32. The van der Waals surface area contributed by atoms with Gasteiger partial charge in [0.2, 0.25) is 0 Å². The molecule has 1 atom stereocenters. The summed E-state index contributed by atoms with van der Waals surface area (Å²) in [6.45, 7) is 1.37. The van der Waals surface area contributed by atoms with Crippen molar-refractivity contribution in [1.29, 1.82) is 0 Å². The topological polar surface area (TPSA) is 120 Å². The molecule has 1 unspecified atom stereocenters. The van der Waals surface area contributed by atoms with Crippen molar-refractivity contribution >= 4 is 34.1 Å². The SMILES string of the molecule is Nc1cc(-c2cc(F)c3ncnc(N)c3c2)c(Cl)cn1.OC1CCCOC1.